The molecule has 0 aromatic carbocycles. The third kappa shape index (κ3) is 4.06. The van der Waals surface area contributed by atoms with Crippen molar-refractivity contribution in [1.29, 1.82) is 0 Å². The second-order valence-corrected chi connectivity index (χ2v) is 6.19. The monoisotopic (exact) mass is 322 g/mol. The van der Waals surface area contributed by atoms with Crippen molar-refractivity contribution >= 4 is 0 Å². The highest BCUT2D eigenvalue weighted by Crippen LogP contribution is 2.15. The minimum absolute atomic E-state index is 0.379. The molecule has 3 aromatic rings. The smallest absolute Gasteiger partial charge is 0.195 e. The first-order valence-electron chi connectivity index (χ1n) is 8.08. The Bertz CT molecular complexity index is 768. The number of nitrogens with zero attached hydrogens (tertiary/aromatic N) is 4. The van der Waals surface area contributed by atoms with Gasteiger partial charge in [-0.15, -0.1) is 0 Å². The van der Waals surface area contributed by atoms with E-state index in [0.29, 0.717) is 17.6 Å². The summed E-state index contributed by atoms with van der Waals surface area (Å²) in [7, 11) is 2.11. The number of furan rings is 1. The van der Waals surface area contributed by atoms with Crippen LogP contribution in [0.25, 0.3) is 11.6 Å². The molecule has 0 aliphatic heterocycles. The minimum Gasteiger partial charge on any atom is -0.461 e. The molecule has 0 unspecified atom stereocenters. The van der Waals surface area contributed by atoms with Crippen LogP contribution >= 0.6 is 0 Å². The lowest BCUT2D eigenvalue weighted by molar-refractivity contribution is 0.246. The quantitative estimate of drug-likeness (QED) is 0.695. The maximum atomic E-state index is 5.31. The van der Waals surface area contributed by atoms with Crippen molar-refractivity contribution in [2.75, 3.05) is 7.05 Å². The van der Waals surface area contributed by atoms with Gasteiger partial charge in [0.05, 0.1) is 6.26 Å². The molecule has 0 N–H and O–H groups in total. The normalized spacial score (nSPS) is 12.5. The van der Waals surface area contributed by atoms with E-state index in [1.54, 1.807) is 6.26 Å². The van der Waals surface area contributed by atoms with E-state index in [4.69, 9.17) is 4.42 Å². The van der Waals surface area contributed by atoms with Gasteiger partial charge in [0.15, 0.2) is 11.6 Å². The third-order valence-corrected chi connectivity index (χ3v) is 4.11. The number of likely N-dealkylation sites (N-methyl/N-ethyl adjacent to an activating group) is 1. The summed E-state index contributed by atoms with van der Waals surface area (Å²) < 4.78 is 5.31. The van der Waals surface area contributed by atoms with E-state index in [0.717, 1.165) is 24.2 Å². The van der Waals surface area contributed by atoms with Gasteiger partial charge in [0.2, 0.25) is 0 Å². The summed E-state index contributed by atoms with van der Waals surface area (Å²) >= 11 is 0. The molecule has 124 valence electrons. The van der Waals surface area contributed by atoms with Crippen LogP contribution in [0.1, 0.15) is 23.7 Å². The molecule has 5 nitrogen and oxygen atoms in total. The van der Waals surface area contributed by atoms with Gasteiger partial charge in [-0.1, -0.05) is 0 Å². The first-order chi connectivity index (χ1) is 11.6. The zero-order valence-electron chi connectivity index (χ0n) is 14.3. The summed E-state index contributed by atoms with van der Waals surface area (Å²) in [6, 6.07) is 8.24. The minimum atomic E-state index is 0.379. The topological polar surface area (TPSA) is 55.1 Å². The fourth-order valence-electron chi connectivity index (χ4n) is 2.58. The average Bonchev–Trinajstić information content (AvgIpc) is 3.10. The van der Waals surface area contributed by atoms with Gasteiger partial charge in [0.1, 0.15) is 0 Å². The second-order valence-electron chi connectivity index (χ2n) is 6.19. The molecule has 1 atom stereocenters. The van der Waals surface area contributed by atoms with Crippen molar-refractivity contribution in [2.45, 2.75) is 32.9 Å². The summed E-state index contributed by atoms with van der Waals surface area (Å²) in [5.41, 5.74) is 3.45. The van der Waals surface area contributed by atoms with Crippen molar-refractivity contribution in [2.24, 2.45) is 0 Å². The van der Waals surface area contributed by atoms with Crippen LogP contribution in [0.5, 0.6) is 0 Å². The predicted molar refractivity (Wildman–Crippen MR) is 93.3 cm³/mol. The Balaban J connectivity index is 1.60. The van der Waals surface area contributed by atoms with Crippen LogP contribution in [-0.4, -0.2) is 32.9 Å². The molecule has 0 amide bonds. The van der Waals surface area contributed by atoms with E-state index in [2.05, 4.69) is 46.8 Å². The first-order valence-corrected chi connectivity index (χ1v) is 8.08. The standard InChI is InChI=1S/C19H22N4O/c1-14-6-7-20-17(9-14)10-15(2)23(3)13-16-11-21-19(22-12-16)18-5-4-8-24-18/h4-9,11-12,15H,10,13H2,1-3H3/t15-/m1/s1. The zero-order valence-corrected chi connectivity index (χ0v) is 14.3. The molecule has 0 aliphatic rings. The fraction of sp³-hybridized carbons (Fsp3) is 0.316. The van der Waals surface area contributed by atoms with Crippen LogP contribution in [0.15, 0.2) is 53.5 Å². The van der Waals surface area contributed by atoms with Crippen LogP contribution < -0.4 is 0 Å². The number of hydrogen-bond donors (Lipinski definition) is 0. The van der Waals surface area contributed by atoms with Gasteiger partial charge in [-0.05, 0) is 50.7 Å². The molecule has 3 aromatic heterocycles. The Morgan fingerprint density at radius 2 is 1.96 bits per heavy atom. The van der Waals surface area contributed by atoms with Crippen molar-refractivity contribution < 1.29 is 4.42 Å². The number of aromatic nitrogens is 3. The maximum absolute atomic E-state index is 5.31. The van der Waals surface area contributed by atoms with Crippen molar-refractivity contribution in [3.05, 3.63) is 65.9 Å². The first kappa shape index (κ1) is 16.3. The highest BCUT2D eigenvalue weighted by atomic mass is 16.3. The summed E-state index contributed by atoms with van der Waals surface area (Å²) in [5.74, 6) is 1.30. The van der Waals surface area contributed by atoms with Crippen LogP contribution in [0, 0.1) is 6.92 Å². The summed E-state index contributed by atoms with van der Waals surface area (Å²) in [4.78, 5) is 15.5. The molecule has 0 saturated heterocycles. The average molecular weight is 322 g/mol. The number of rotatable bonds is 6. The van der Waals surface area contributed by atoms with Gasteiger partial charge in [0.25, 0.3) is 0 Å². The summed E-state index contributed by atoms with van der Waals surface area (Å²) in [6.07, 6.45) is 8.14. The lowest BCUT2D eigenvalue weighted by Crippen LogP contribution is -2.30. The molecule has 0 bridgehead atoms. The lowest BCUT2D eigenvalue weighted by Gasteiger charge is -2.24. The highest BCUT2D eigenvalue weighted by molar-refractivity contribution is 5.45. The van der Waals surface area contributed by atoms with Gasteiger partial charge in [-0.3, -0.25) is 9.88 Å². The second kappa shape index (κ2) is 7.36. The van der Waals surface area contributed by atoms with E-state index in [1.165, 1.54) is 5.56 Å². The predicted octanol–water partition coefficient (Wildman–Crippen LogP) is 3.50. The molecule has 0 fully saturated rings. The molecule has 5 heteroatoms. The summed E-state index contributed by atoms with van der Waals surface area (Å²) in [6.45, 7) is 5.10. The van der Waals surface area contributed by atoms with Crippen LogP contribution in [0.3, 0.4) is 0 Å². The van der Waals surface area contributed by atoms with Gasteiger partial charge in [-0.2, -0.15) is 0 Å². The molecular formula is C19H22N4O. The van der Waals surface area contributed by atoms with Crippen molar-refractivity contribution in [1.82, 2.24) is 19.9 Å². The van der Waals surface area contributed by atoms with Crippen LogP contribution in [0.2, 0.25) is 0 Å². The van der Waals surface area contributed by atoms with Gasteiger partial charge in [-0.25, -0.2) is 9.97 Å². The molecular weight excluding hydrogens is 300 g/mol. The van der Waals surface area contributed by atoms with E-state index in [-0.39, 0.29) is 0 Å². The number of aryl methyl sites for hydroxylation is 1. The highest BCUT2D eigenvalue weighted by Gasteiger charge is 2.12. The van der Waals surface area contributed by atoms with Gasteiger partial charge < -0.3 is 4.42 Å². The van der Waals surface area contributed by atoms with E-state index >= 15 is 0 Å². The Hall–Kier alpha value is -2.53. The molecule has 0 saturated carbocycles. The van der Waals surface area contributed by atoms with Crippen LogP contribution in [0.4, 0.5) is 0 Å². The van der Waals surface area contributed by atoms with Crippen molar-refractivity contribution in [3.63, 3.8) is 0 Å². The number of pyridine rings is 1. The van der Waals surface area contributed by atoms with Gasteiger partial charge >= 0.3 is 0 Å². The molecule has 0 radical (unpaired) electrons. The molecule has 0 aliphatic carbocycles. The Morgan fingerprint density at radius 3 is 2.62 bits per heavy atom. The molecule has 3 heterocycles. The Labute approximate surface area is 142 Å². The SMILES string of the molecule is Cc1ccnc(C[C@@H](C)N(C)Cc2cnc(-c3ccco3)nc2)c1. The maximum Gasteiger partial charge on any atom is 0.195 e. The van der Waals surface area contributed by atoms with Crippen molar-refractivity contribution in [3.8, 4) is 11.6 Å². The fourth-order valence-corrected chi connectivity index (χ4v) is 2.58. The van der Waals surface area contributed by atoms with E-state index in [9.17, 15) is 0 Å². The Morgan fingerprint density at radius 1 is 1.17 bits per heavy atom. The molecule has 0 spiro atoms. The molecule has 24 heavy (non-hydrogen) atoms. The number of hydrogen-bond acceptors (Lipinski definition) is 5. The third-order valence-electron chi connectivity index (χ3n) is 4.11. The Kier molecular flexibility index (Phi) is 5.01. The zero-order chi connectivity index (χ0) is 16.9. The van der Waals surface area contributed by atoms with E-state index in [1.807, 2.05) is 36.8 Å². The molecule has 3 rings (SSSR count). The summed E-state index contributed by atoms with van der Waals surface area (Å²) in [5, 5.41) is 0. The van der Waals surface area contributed by atoms with Crippen LogP contribution in [-0.2, 0) is 13.0 Å². The van der Waals surface area contributed by atoms with Gasteiger partial charge in [0, 0.05) is 48.9 Å². The lowest BCUT2D eigenvalue weighted by atomic mass is 10.1. The van der Waals surface area contributed by atoms with E-state index < -0.39 is 0 Å². The largest absolute Gasteiger partial charge is 0.461 e.